The molecule has 0 atom stereocenters. The lowest BCUT2D eigenvalue weighted by molar-refractivity contribution is 0.102. The molecular formula is C21H22N2O5S. The first kappa shape index (κ1) is 20.6. The fourth-order valence-electron chi connectivity index (χ4n) is 2.76. The molecule has 29 heavy (non-hydrogen) atoms. The van der Waals surface area contributed by atoms with Crippen LogP contribution in [0.15, 0.2) is 57.7 Å². The Labute approximate surface area is 168 Å². The van der Waals surface area contributed by atoms with Crippen LogP contribution in [0.5, 0.6) is 0 Å². The minimum atomic E-state index is -3.45. The van der Waals surface area contributed by atoms with Gasteiger partial charge in [-0.15, -0.1) is 0 Å². The molecule has 0 aliphatic carbocycles. The third-order valence-electron chi connectivity index (χ3n) is 4.46. The topological polar surface area (TPSA) is 105 Å². The van der Waals surface area contributed by atoms with Crippen molar-refractivity contribution in [3.8, 4) is 0 Å². The molecule has 1 heterocycles. The van der Waals surface area contributed by atoms with Gasteiger partial charge in [-0.3, -0.25) is 9.52 Å². The van der Waals surface area contributed by atoms with Crippen molar-refractivity contribution in [2.45, 2.75) is 32.4 Å². The summed E-state index contributed by atoms with van der Waals surface area (Å²) >= 11 is 0. The van der Waals surface area contributed by atoms with Crippen molar-refractivity contribution in [3.63, 3.8) is 0 Å². The molecule has 0 unspecified atom stereocenters. The second-order valence-corrected chi connectivity index (χ2v) is 9.13. The van der Waals surface area contributed by atoms with Crippen LogP contribution in [-0.2, 0) is 16.4 Å². The van der Waals surface area contributed by atoms with Crippen LogP contribution in [0, 0.1) is 0 Å². The molecule has 3 aromatic rings. The maximum absolute atomic E-state index is 12.6. The minimum Gasteiger partial charge on any atom is -0.422 e. The number of sulfonamides is 1. The van der Waals surface area contributed by atoms with E-state index in [4.69, 9.17) is 4.42 Å². The van der Waals surface area contributed by atoms with Crippen LogP contribution >= 0.6 is 0 Å². The molecule has 0 fully saturated rings. The van der Waals surface area contributed by atoms with Crippen LogP contribution in [0.1, 0.15) is 36.7 Å². The summed E-state index contributed by atoms with van der Waals surface area (Å²) in [4.78, 5) is 24.1. The molecule has 152 valence electrons. The van der Waals surface area contributed by atoms with Crippen molar-refractivity contribution >= 4 is 38.3 Å². The standard InChI is InChI=1S/C21H22N2O5S/c1-4-14-11-18(12-16-7-10-19(24)28-20(14)16)22-21(25)15-5-8-17(9-6-15)23-29(26,27)13(2)3/h5-13,23H,4H2,1-3H3,(H,22,25). The highest BCUT2D eigenvalue weighted by Gasteiger charge is 2.16. The maximum atomic E-state index is 12.6. The van der Waals surface area contributed by atoms with E-state index in [1.54, 1.807) is 56.3 Å². The Hall–Kier alpha value is -3.13. The molecule has 1 aromatic heterocycles. The summed E-state index contributed by atoms with van der Waals surface area (Å²) in [5, 5.41) is 2.99. The first-order valence-corrected chi connectivity index (χ1v) is 10.7. The number of hydrogen-bond donors (Lipinski definition) is 2. The predicted octanol–water partition coefficient (Wildman–Crippen LogP) is 3.76. The third-order valence-corrected chi connectivity index (χ3v) is 6.22. The summed E-state index contributed by atoms with van der Waals surface area (Å²) in [5.41, 5.74) is 2.27. The number of carbonyl (C=O) groups is 1. The van der Waals surface area contributed by atoms with Gasteiger partial charge in [0.2, 0.25) is 10.0 Å². The van der Waals surface area contributed by atoms with E-state index in [-0.39, 0.29) is 5.91 Å². The number of benzene rings is 2. The van der Waals surface area contributed by atoms with Gasteiger partial charge in [0.05, 0.1) is 5.25 Å². The summed E-state index contributed by atoms with van der Waals surface area (Å²) in [6.45, 7) is 5.11. The highest BCUT2D eigenvalue weighted by molar-refractivity contribution is 7.93. The number of amides is 1. The van der Waals surface area contributed by atoms with E-state index in [9.17, 15) is 18.0 Å². The van der Waals surface area contributed by atoms with E-state index in [1.807, 2.05) is 6.92 Å². The van der Waals surface area contributed by atoms with Crippen molar-refractivity contribution in [1.29, 1.82) is 0 Å². The van der Waals surface area contributed by atoms with Gasteiger partial charge in [0.15, 0.2) is 0 Å². The van der Waals surface area contributed by atoms with Crippen LogP contribution in [-0.4, -0.2) is 19.6 Å². The molecule has 0 radical (unpaired) electrons. The molecule has 0 bridgehead atoms. The Morgan fingerprint density at radius 2 is 1.72 bits per heavy atom. The quantitative estimate of drug-likeness (QED) is 0.598. The van der Waals surface area contributed by atoms with Crippen molar-refractivity contribution < 1.29 is 17.6 Å². The van der Waals surface area contributed by atoms with Crippen LogP contribution in [0.2, 0.25) is 0 Å². The summed E-state index contributed by atoms with van der Waals surface area (Å²) in [6, 6.07) is 12.7. The molecule has 0 saturated heterocycles. The predicted molar refractivity (Wildman–Crippen MR) is 114 cm³/mol. The van der Waals surface area contributed by atoms with Gasteiger partial charge in [-0.2, -0.15) is 0 Å². The van der Waals surface area contributed by atoms with Crippen molar-refractivity contribution in [2.75, 3.05) is 10.0 Å². The van der Waals surface area contributed by atoms with Crippen molar-refractivity contribution in [2.24, 2.45) is 0 Å². The zero-order chi connectivity index (χ0) is 21.2. The number of carbonyl (C=O) groups excluding carboxylic acids is 1. The third kappa shape index (κ3) is 4.65. The lowest BCUT2D eigenvalue weighted by Gasteiger charge is -2.12. The lowest BCUT2D eigenvalue weighted by Crippen LogP contribution is -2.22. The van der Waals surface area contributed by atoms with Crippen LogP contribution in [0.25, 0.3) is 11.0 Å². The Bertz CT molecular complexity index is 1210. The summed E-state index contributed by atoms with van der Waals surface area (Å²) in [6.07, 6.45) is 0.637. The van der Waals surface area contributed by atoms with Gasteiger partial charge in [-0.1, -0.05) is 6.92 Å². The van der Waals surface area contributed by atoms with Crippen molar-refractivity contribution in [3.05, 3.63) is 70.1 Å². The minimum absolute atomic E-state index is 0.331. The Morgan fingerprint density at radius 3 is 2.34 bits per heavy atom. The highest BCUT2D eigenvalue weighted by atomic mass is 32.2. The first-order chi connectivity index (χ1) is 13.7. The highest BCUT2D eigenvalue weighted by Crippen LogP contribution is 2.24. The molecular weight excluding hydrogens is 392 g/mol. The fourth-order valence-corrected chi connectivity index (χ4v) is 3.46. The molecule has 8 heteroatoms. The molecule has 0 saturated carbocycles. The van der Waals surface area contributed by atoms with Crippen LogP contribution in [0.3, 0.4) is 0 Å². The van der Waals surface area contributed by atoms with E-state index in [2.05, 4.69) is 10.0 Å². The molecule has 1 amide bonds. The molecule has 2 N–H and O–H groups in total. The number of nitrogens with one attached hydrogen (secondary N) is 2. The molecule has 7 nitrogen and oxygen atoms in total. The average Bonchev–Trinajstić information content (AvgIpc) is 2.67. The van der Waals surface area contributed by atoms with E-state index >= 15 is 0 Å². The Kier molecular flexibility index (Phi) is 5.74. The van der Waals surface area contributed by atoms with E-state index in [0.717, 1.165) is 10.9 Å². The van der Waals surface area contributed by atoms with Gasteiger partial charge < -0.3 is 9.73 Å². The number of rotatable bonds is 6. The monoisotopic (exact) mass is 414 g/mol. The van der Waals surface area contributed by atoms with Gasteiger partial charge in [0, 0.05) is 28.4 Å². The molecule has 0 aliphatic heterocycles. The van der Waals surface area contributed by atoms with E-state index in [0.29, 0.717) is 28.9 Å². The molecule has 3 rings (SSSR count). The number of anilines is 2. The smallest absolute Gasteiger partial charge is 0.336 e. The summed E-state index contributed by atoms with van der Waals surface area (Å²) < 4.78 is 31.6. The maximum Gasteiger partial charge on any atom is 0.336 e. The summed E-state index contributed by atoms with van der Waals surface area (Å²) in [5.74, 6) is -0.331. The number of hydrogen-bond acceptors (Lipinski definition) is 5. The number of aryl methyl sites for hydroxylation is 1. The van der Waals surface area contributed by atoms with Gasteiger partial charge in [-0.25, -0.2) is 13.2 Å². The van der Waals surface area contributed by atoms with Gasteiger partial charge in [-0.05, 0) is 68.3 Å². The summed E-state index contributed by atoms with van der Waals surface area (Å²) in [7, 11) is -3.45. The zero-order valence-electron chi connectivity index (χ0n) is 16.4. The fraction of sp³-hybridized carbons (Fsp3) is 0.238. The van der Waals surface area contributed by atoms with Crippen LogP contribution in [0.4, 0.5) is 11.4 Å². The van der Waals surface area contributed by atoms with Crippen LogP contribution < -0.4 is 15.7 Å². The van der Waals surface area contributed by atoms with Gasteiger partial charge in [0.25, 0.3) is 5.91 Å². The van der Waals surface area contributed by atoms with E-state index in [1.165, 1.54) is 6.07 Å². The Morgan fingerprint density at radius 1 is 1.03 bits per heavy atom. The normalized spacial score (nSPS) is 11.6. The van der Waals surface area contributed by atoms with Crippen molar-refractivity contribution in [1.82, 2.24) is 0 Å². The SMILES string of the molecule is CCc1cc(NC(=O)c2ccc(NS(=O)(=O)C(C)C)cc2)cc2ccc(=O)oc12. The average molecular weight is 414 g/mol. The van der Waals surface area contributed by atoms with E-state index < -0.39 is 20.9 Å². The second kappa shape index (κ2) is 8.08. The first-order valence-electron chi connectivity index (χ1n) is 9.19. The number of fused-ring (bicyclic) bond motifs is 1. The second-order valence-electron chi connectivity index (χ2n) is 6.89. The lowest BCUT2D eigenvalue weighted by atomic mass is 10.1. The molecule has 0 spiro atoms. The molecule has 0 aliphatic rings. The largest absolute Gasteiger partial charge is 0.422 e. The van der Waals surface area contributed by atoms with Gasteiger partial charge in [0.1, 0.15) is 5.58 Å². The zero-order valence-corrected chi connectivity index (χ0v) is 17.2. The molecule has 2 aromatic carbocycles. The van der Waals surface area contributed by atoms with Gasteiger partial charge >= 0.3 is 5.63 Å². The Balaban J connectivity index is 1.81.